The van der Waals surface area contributed by atoms with Crippen molar-refractivity contribution in [1.29, 1.82) is 0 Å². The van der Waals surface area contributed by atoms with Gasteiger partial charge in [-0.15, -0.1) is 11.3 Å². The van der Waals surface area contributed by atoms with Gasteiger partial charge in [0.05, 0.1) is 13.5 Å². The molecule has 0 spiro atoms. The van der Waals surface area contributed by atoms with Crippen LogP contribution in [-0.4, -0.2) is 18.2 Å². The molecule has 24 heavy (non-hydrogen) atoms. The zero-order valence-corrected chi connectivity index (χ0v) is 14.5. The Balaban J connectivity index is 2.15. The Kier molecular flexibility index (Phi) is 4.88. The molecule has 0 aliphatic carbocycles. The number of rotatable bonds is 4. The Morgan fingerprint density at radius 2 is 1.83 bits per heavy atom. The molecule has 0 saturated carbocycles. The Morgan fingerprint density at radius 3 is 2.50 bits per heavy atom. The lowest BCUT2D eigenvalue weighted by Gasteiger charge is -2.09. The normalized spacial score (nSPS) is 10.6. The van der Waals surface area contributed by atoms with Crippen LogP contribution >= 0.6 is 22.9 Å². The van der Waals surface area contributed by atoms with Gasteiger partial charge < -0.3 is 9.84 Å². The van der Waals surface area contributed by atoms with Crippen LogP contribution in [0, 0.1) is 0 Å². The minimum atomic E-state index is -0.304. The van der Waals surface area contributed by atoms with Crippen LogP contribution in [0.3, 0.4) is 0 Å². The van der Waals surface area contributed by atoms with E-state index in [1.807, 2.05) is 41.8 Å². The molecule has 1 aromatic heterocycles. The van der Waals surface area contributed by atoms with Crippen molar-refractivity contribution in [3.63, 3.8) is 0 Å². The van der Waals surface area contributed by atoms with E-state index in [2.05, 4.69) is 0 Å². The Labute approximate surface area is 149 Å². The summed E-state index contributed by atoms with van der Waals surface area (Å²) < 4.78 is 4.85. The number of phenols is 1. The van der Waals surface area contributed by atoms with Crippen LogP contribution in [-0.2, 0) is 16.0 Å². The second-order valence-corrected chi connectivity index (χ2v) is 6.52. The monoisotopic (exact) mass is 358 g/mol. The maximum Gasteiger partial charge on any atom is 0.310 e. The summed E-state index contributed by atoms with van der Waals surface area (Å²) in [5.41, 5.74) is 3.64. The van der Waals surface area contributed by atoms with Crippen LogP contribution in [0.5, 0.6) is 5.75 Å². The van der Waals surface area contributed by atoms with Crippen molar-refractivity contribution in [3.05, 3.63) is 64.5 Å². The van der Waals surface area contributed by atoms with Gasteiger partial charge in [-0.2, -0.15) is 0 Å². The number of halogens is 1. The van der Waals surface area contributed by atoms with Crippen molar-refractivity contribution >= 4 is 28.9 Å². The molecule has 122 valence electrons. The van der Waals surface area contributed by atoms with Crippen molar-refractivity contribution in [3.8, 4) is 27.3 Å². The van der Waals surface area contributed by atoms with E-state index in [1.165, 1.54) is 7.11 Å². The van der Waals surface area contributed by atoms with Gasteiger partial charge in [-0.1, -0.05) is 29.8 Å². The largest absolute Gasteiger partial charge is 0.508 e. The number of aromatic hydroxyl groups is 1. The van der Waals surface area contributed by atoms with Crippen molar-refractivity contribution < 1.29 is 14.6 Å². The van der Waals surface area contributed by atoms with Crippen molar-refractivity contribution in [2.75, 3.05) is 7.11 Å². The summed E-state index contributed by atoms with van der Waals surface area (Å²) in [6.45, 7) is 0. The number of phenolic OH excluding ortho intramolecular Hbond substituents is 1. The first kappa shape index (κ1) is 16.6. The molecule has 0 unspecified atom stereocenters. The van der Waals surface area contributed by atoms with Gasteiger partial charge in [-0.3, -0.25) is 4.79 Å². The zero-order valence-electron chi connectivity index (χ0n) is 13.0. The van der Waals surface area contributed by atoms with Gasteiger partial charge in [0, 0.05) is 15.5 Å². The molecule has 0 aliphatic heterocycles. The summed E-state index contributed by atoms with van der Waals surface area (Å²) in [7, 11) is 1.38. The fraction of sp³-hybridized carbons (Fsp3) is 0.105. The third-order valence-corrected chi connectivity index (χ3v) is 5.14. The molecule has 0 saturated heterocycles. The highest BCUT2D eigenvalue weighted by atomic mass is 35.5. The molecule has 5 heteroatoms. The molecule has 3 nitrogen and oxygen atoms in total. The van der Waals surface area contributed by atoms with E-state index in [1.54, 1.807) is 23.5 Å². The molecule has 0 radical (unpaired) electrons. The van der Waals surface area contributed by atoms with Crippen LogP contribution in [0.1, 0.15) is 5.56 Å². The molecule has 0 fully saturated rings. The van der Waals surface area contributed by atoms with Crippen LogP contribution in [0.4, 0.5) is 0 Å². The number of thiophene rings is 1. The summed E-state index contributed by atoms with van der Waals surface area (Å²) in [6.07, 6.45) is 0.163. The van der Waals surface area contributed by atoms with E-state index in [0.717, 1.165) is 27.1 Å². The average molecular weight is 359 g/mol. The number of carbonyl (C=O) groups excluding carboxylic acids is 1. The maximum atomic E-state index is 11.9. The number of benzene rings is 2. The van der Waals surface area contributed by atoms with Gasteiger partial charge >= 0.3 is 5.97 Å². The fourth-order valence-electron chi connectivity index (χ4n) is 2.54. The molecule has 0 aliphatic rings. The minimum Gasteiger partial charge on any atom is -0.508 e. The van der Waals surface area contributed by atoms with E-state index in [0.29, 0.717) is 5.02 Å². The van der Waals surface area contributed by atoms with Crippen molar-refractivity contribution in [2.45, 2.75) is 6.42 Å². The molecule has 0 atom stereocenters. The summed E-state index contributed by atoms with van der Waals surface area (Å²) in [5.74, 6) is -0.0992. The quantitative estimate of drug-likeness (QED) is 0.655. The SMILES string of the molecule is COC(=O)Cc1c(-c2ccccc2Cl)csc1-c1ccc(O)cc1. The first-order valence-electron chi connectivity index (χ1n) is 7.31. The first-order valence-corrected chi connectivity index (χ1v) is 8.57. The minimum absolute atomic E-state index is 0.163. The summed E-state index contributed by atoms with van der Waals surface area (Å²) >= 11 is 7.88. The maximum absolute atomic E-state index is 11.9. The molecule has 3 rings (SSSR count). The van der Waals surface area contributed by atoms with Crippen LogP contribution < -0.4 is 0 Å². The Morgan fingerprint density at radius 1 is 1.12 bits per heavy atom. The molecule has 1 heterocycles. The third kappa shape index (κ3) is 3.30. The second kappa shape index (κ2) is 7.07. The van der Waals surface area contributed by atoms with Crippen LogP contribution in [0.2, 0.25) is 5.02 Å². The highest BCUT2D eigenvalue weighted by Crippen LogP contribution is 2.41. The number of ether oxygens (including phenoxy) is 1. The predicted octanol–water partition coefficient (Wildman–Crippen LogP) is 5.16. The standard InChI is InChI=1S/C19H15ClO3S/c1-23-18(22)10-15-16(14-4-2-3-5-17(14)20)11-24-19(15)12-6-8-13(21)9-7-12/h2-9,11,21H,10H2,1H3. The summed E-state index contributed by atoms with van der Waals surface area (Å²) in [6, 6.07) is 14.5. The van der Waals surface area contributed by atoms with Gasteiger partial charge in [0.1, 0.15) is 5.75 Å². The third-order valence-electron chi connectivity index (χ3n) is 3.74. The van der Waals surface area contributed by atoms with E-state index >= 15 is 0 Å². The number of hydrogen-bond donors (Lipinski definition) is 1. The van der Waals surface area contributed by atoms with Crippen LogP contribution in [0.15, 0.2) is 53.9 Å². The van der Waals surface area contributed by atoms with E-state index in [4.69, 9.17) is 16.3 Å². The highest BCUT2D eigenvalue weighted by Gasteiger charge is 2.19. The number of methoxy groups -OCH3 is 1. The number of carbonyl (C=O) groups is 1. The van der Waals surface area contributed by atoms with Crippen LogP contribution in [0.25, 0.3) is 21.6 Å². The van der Waals surface area contributed by atoms with E-state index in [9.17, 15) is 9.90 Å². The molecule has 3 aromatic rings. The molecule has 2 aromatic carbocycles. The summed E-state index contributed by atoms with van der Waals surface area (Å²) in [4.78, 5) is 12.9. The Bertz CT molecular complexity index is 869. The van der Waals surface area contributed by atoms with Gasteiger partial charge in [-0.25, -0.2) is 0 Å². The first-order chi connectivity index (χ1) is 11.6. The van der Waals surface area contributed by atoms with E-state index < -0.39 is 0 Å². The van der Waals surface area contributed by atoms with Crippen molar-refractivity contribution in [2.24, 2.45) is 0 Å². The molecular weight excluding hydrogens is 344 g/mol. The molecule has 0 amide bonds. The molecule has 0 bridgehead atoms. The lowest BCUT2D eigenvalue weighted by atomic mass is 9.98. The van der Waals surface area contributed by atoms with Gasteiger partial charge in [0.25, 0.3) is 0 Å². The summed E-state index contributed by atoms with van der Waals surface area (Å²) in [5, 5.41) is 12.1. The molecular formula is C19H15ClO3S. The topological polar surface area (TPSA) is 46.5 Å². The average Bonchev–Trinajstić information content (AvgIpc) is 2.99. The van der Waals surface area contributed by atoms with Gasteiger partial charge in [-0.05, 0) is 52.4 Å². The van der Waals surface area contributed by atoms with Gasteiger partial charge in [0.2, 0.25) is 0 Å². The number of hydrogen-bond acceptors (Lipinski definition) is 4. The smallest absolute Gasteiger partial charge is 0.310 e. The Hall–Kier alpha value is -2.30. The predicted molar refractivity (Wildman–Crippen MR) is 97.6 cm³/mol. The fourth-order valence-corrected chi connectivity index (χ4v) is 3.87. The number of esters is 1. The lowest BCUT2D eigenvalue weighted by Crippen LogP contribution is -2.05. The zero-order chi connectivity index (χ0) is 17.1. The van der Waals surface area contributed by atoms with Gasteiger partial charge in [0.15, 0.2) is 0 Å². The van der Waals surface area contributed by atoms with Crippen molar-refractivity contribution in [1.82, 2.24) is 0 Å². The molecule has 1 N–H and O–H groups in total. The van der Waals surface area contributed by atoms with E-state index in [-0.39, 0.29) is 18.1 Å². The highest BCUT2D eigenvalue weighted by molar-refractivity contribution is 7.14. The lowest BCUT2D eigenvalue weighted by molar-refractivity contribution is -0.139. The second-order valence-electron chi connectivity index (χ2n) is 5.24.